The van der Waals surface area contributed by atoms with Gasteiger partial charge in [0.25, 0.3) is 0 Å². The standard InChI is InChI=1S/C24H20FN3O2S/c1-16-6-12-21(13-7-16)28-22(18-8-10-20(25)11-9-18)26-27-24(28)31-15-17-4-3-5-19(14-17)23(29)30-2/h3-14H,15H2,1-2H3. The molecule has 156 valence electrons. The zero-order chi connectivity index (χ0) is 21.8. The molecule has 7 heteroatoms. The predicted octanol–water partition coefficient (Wildman–Crippen LogP) is 5.46. The van der Waals surface area contributed by atoms with Gasteiger partial charge >= 0.3 is 5.97 Å². The van der Waals surface area contributed by atoms with Gasteiger partial charge in [-0.25, -0.2) is 9.18 Å². The fourth-order valence-corrected chi connectivity index (χ4v) is 4.02. The van der Waals surface area contributed by atoms with E-state index < -0.39 is 0 Å². The molecular weight excluding hydrogens is 413 g/mol. The van der Waals surface area contributed by atoms with E-state index in [1.807, 2.05) is 54.0 Å². The summed E-state index contributed by atoms with van der Waals surface area (Å²) in [5.74, 6) is 0.561. The van der Waals surface area contributed by atoms with Crippen molar-refractivity contribution in [2.45, 2.75) is 17.8 Å². The molecule has 5 nitrogen and oxygen atoms in total. The van der Waals surface area contributed by atoms with Crippen LogP contribution in [0.15, 0.2) is 78.0 Å². The second kappa shape index (κ2) is 9.14. The summed E-state index contributed by atoms with van der Waals surface area (Å²) in [5.41, 5.74) is 4.31. The van der Waals surface area contributed by atoms with Crippen molar-refractivity contribution in [3.05, 3.63) is 95.3 Å². The number of halogens is 1. The average molecular weight is 434 g/mol. The zero-order valence-electron chi connectivity index (χ0n) is 17.1. The second-order valence-corrected chi connectivity index (χ2v) is 7.91. The number of methoxy groups -OCH3 is 1. The number of thioether (sulfide) groups is 1. The summed E-state index contributed by atoms with van der Waals surface area (Å²) < 4.78 is 20.2. The van der Waals surface area contributed by atoms with E-state index in [-0.39, 0.29) is 11.8 Å². The smallest absolute Gasteiger partial charge is 0.337 e. The topological polar surface area (TPSA) is 57.0 Å². The summed E-state index contributed by atoms with van der Waals surface area (Å²) >= 11 is 1.51. The lowest BCUT2D eigenvalue weighted by atomic mass is 10.1. The van der Waals surface area contributed by atoms with Crippen molar-refractivity contribution < 1.29 is 13.9 Å². The van der Waals surface area contributed by atoms with Crippen LogP contribution in [-0.2, 0) is 10.5 Å². The normalized spacial score (nSPS) is 10.8. The number of hydrogen-bond acceptors (Lipinski definition) is 5. The molecule has 1 heterocycles. The number of benzene rings is 3. The predicted molar refractivity (Wildman–Crippen MR) is 119 cm³/mol. The van der Waals surface area contributed by atoms with Gasteiger partial charge in [-0.15, -0.1) is 10.2 Å². The van der Waals surface area contributed by atoms with Gasteiger partial charge in [0.1, 0.15) is 5.82 Å². The minimum Gasteiger partial charge on any atom is -0.465 e. The minimum absolute atomic E-state index is 0.301. The van der Waals surface area contributed by atoms with E-state index in [0.717, 1.165) is 22.4 Å². The molecule has 1 aromatic heterocycles. The van der Waals surface area contributed by atoms with E-state index in [1.54, 1.807) is 18.2 Å². The molecule has 0 saturated heterocycles. The number of ether oxygens (including phenoxy) is 1. The van der Waals surface area contributed by atoms with Gasteiger partial charge < -0.3 is 4.74 Å². The third kappa shape index (κ3) is 4.67. The Morgan fingerprint density at radius 2 is 1.77 bits per heavy atom. The van der Waals surface area contributed by atoms with Crippen LogP contribution in [-0.4, -0.2) is 27.8 Å². The molecule has 0 unspecified atom stereocenters. The number of carbonyl (C=O) groups excluding carboxylic acids is 1. The summed E-state index contributed by atoms with van der Waals surface area (Å²) in [5, 5.41) is 9.48. The van der Waals surface area contributed by atoms with Crippen LogP contribution in [0.5, 0.6) is 0 Å². The van der Waals surface area contributed by atoms with Crippen molar-refractivity contribution in [3.8, 4) is 17.1 Å². The third-order valence-corrected chi connectivity index (χ3v) is 5.74. The molecule has 0 bridgehead atoms. The van der Waals surface area contributed by atoms with E-state index in [9.17, 15) is 9.18 Å². The molecule has 0 fully saturated rings. The number of hydrogen-bond donors (Lipinski definition) is 0. The molecule has 0 aliphatic heterocycles. The molecule has 0 saturated carbocycles. The van der Waals surface area contributed by atoms with Gasteiger partial charge in [0.2, 0.25) is 0 Å². The first kappa shape index (κ1) is 20.8. The Kier molecular flexibility index (Phi) is 6.13. The second-order valence-electron chi connectivity index (χ2n) is 6.96. The lowest BCUT2D eigenvalue weighted by Gasteiger charge is -2.11. The van der Waals surface area contributed by atoms with Gasteiger partial charge in [-0.1, -0.05) is 41.6 Å². The molecule has 0 atom stereocenters. The highest BCUT2D eigenvalue weighted by molar-refractivity contribution is 7.98. The fraction of sp³-hybridized carbons (Fsp3) is 0.125. The molecule has 0 spiro atoms. The molecule has 0 radical (unpaired) electrons. The molecule has 0 N–H and O–H groups in total. The lowest BCUT2D eigenvalue weighted by molar-refractivity contribution is 0.0600. The van der Waals surface area contributed by atoms with E-state index in [4.69, 9.17) is 4.74 Å². The van der Waals surface area contributed by atoms with Crippen molar-refractivity contribution in [3.63, 3.8) is 0 Å². The van der Waals surface area contributed by atoms with Crippen LogP contribution in [0.2, 0.25) is 0 Å². The molecule has 31 heavy (non-hydrogen) atoms. The van der Waals surface area contributed by atoms with E-state index >= 15 is 0 Å². The number of rotatable bonds is 6. The highest BCUT2D eigenvalue weighted by atomic mass is 32.2. The van der Waals surface area contributed by atoms with E-state index in [1.165, 1.54) is 31.0 Å². The summed E-state index contributed by atoms with van der Waals surface area (Å²) in [6, 6.07) is 21.6. The first-order chi connectivity index (χ1) is 15.0. The van der Waals surface area contributed by atoms with Gasteiger partial charge in [-0.3, -0.25) is 4.57 Å². The van der Waals surface area contributed by atoms with Crippen LogP contribution in [0.4, 0.5) is 4.39 Å². The Morgan fingerprint density at radius 1 is 1.03 bits per heavy atom. The Hall–Kier alpha value is -3.45. The number of aromatic nitrogens is 3. The van der Waals surface area contributed by atoms with Gasteiger partial charge in [0.05, 0.1) is 12.7 Å². The monoisotopic (exact) mass is 433 g/mol. The van der Waals surface area contributed by atoms with Crippen LogP contribution >= 0.6 is 11.8 Å². The maximum absolute atomic E-state index is 13.4. The Bertz CT molecular complexity index is 1200. The molecule has 4 rings (SSSR count). The third-order valence-electron chi connectivity index (χ3n) is 4.74. The SMILES string of the molecule is COC(=O)c1cccc(CSc2nnc(-c3ccc(F)cc3)n2-c2ccc(C)cc2)c1. The summed E-state index contributed by atoms with van der Waals surface area (Å²) in [6.07, 6.45) is 0. The number of carbonyl (C=O) groups is 1. The quantitative estimate of drug-likeness (QED) is 0.298. The maximum atomic E-state index is 13.4. The average Bonchev–Trinajstić information content (AvgIpc) is 3.22. The number of nitrogens with zero attached hydrogens (tertiary/aromatic N) is 3. The number of esters is 1. The van der Waals surface area contributed by atoms with Crippen molar-refractivity contribution in [2.75, 3.05) is 7.11 Å². The Morgan fingerprint density at radius 3 is 2.48 bits per heavy atom. The largest absolute Gasteiger partial charge is 0.465 e. The Labute approximate surface area is 183 Å². The van der Waals surface area contributed by atoms with E-state index in [0.29, 0.717) is 22.3 Å². The van der Waals surface area contributed by atoms with Crippen LogP contribution in [0, 0.1) is 12.7 Å². The minimum atomic E-state index is -0.367. The van der Waals surface area contributed by atoms with Crippen molar-refractivity contribution in [1.82, 2.24) is 14.8 Å². The van der Waals surface area contributed by atoms with Crippen LogP contribution in [0.1, 0.15) is 21.5 Å². The fourth-order valence-electron chi connectivity index (χ4n) is 3.13. The van der Waals surface area contributed by atoms with Gasteiger partial charge in [-0.05, 0) is 61.0 Å². The van der Waals surface area contributed by atoms with Gasteiger partial charge in [-0.2, -0.15) is 0 Å². The zero-order valence-corrected chi connectivity index (χ0v) is 17.9. The molecule has 0 aliphatic rings. The first-order valence-electron chi connectivity index (χ1n) is 9.63. The molecule has 0 aliphatic carbocycles. The summed E-state index contributed by atoms with van der Waals surface area (Å²) in [6.45, 7) is 2.03. The van der Waals surface area contributed by atoms with Crippen molar-refractivity contribution in [1.29, 1.82) is 0 Å². The molecule has 4 aromatic rings. The Balaban J connectivity index is 1.68. The molecule has 0 amide bonds. The van der Waals surface area contributed by atoms with Gasteiger partial charge in [0, 0.05) is 17.0 Å². The maximum Gasteiger partial charge on any atom is 0.337 e. The highest BCUT2D eigenvalue weighted by Gasteiger charge is 2.17. The first-order valence-corrected chi connectivity index (χ1v) is 10.6. The lowest BCUT2D eigenvalue weighted by Crippen LogP contribution is -2.02. The van der Waals surface area contributed by atoms with Crippen molar-refractivity contribution >= 4 is 17.7 Å². The van der Waals surface area contributed by atoms with Gasteiger partial charge in [0.15, 0.2) is 11.0 Å². The summed E-state index contributed by atoms with van der Waals surface area (Å²) in [4.78, 5) is 11.8. The molecule has 3 aromatic carbocycles. The number of aryl methyl sites for hydroxylation is 1. The van der Waals surface area contributed by atoms with Crippen LogP contribution in [0.25, 0.3) is 17.1 Å². The van der Waals surface area contributed by atoms with Crippen LogP contribution < -0.4 is 0 Å². The van der Waals surface area contributed by atoms with E-state index in [2.05, 4.69) is 10.2 Å². The van der Waals surface area contributed by atoms with Crippen molar-refractivity contribution in [2.24, 2.45) is 0 Å². The van der Waals surface area contributed by atoms with Crippen LogP contribution in [0.3, 0.4) is 0 Å². The summed E-state index contributed by atoms with van der Waals surface area (Å²) in [7, 11) is 1.37. The molecular formula is C24H20FN3O2S. The highest BCUT2D eigenvalue weighted by Crippen LogP contribution is 2.30.